The highest BCUT2D eigenvalue weighted by Crippen LogP contribution is 2.46. The maximum Gasteiger partial charge on any atom is 0.243 e. The summed E-state index contributed by atoms with van der Waals surface area (Å²) >= 11 is 0. The molecule has 1 N–H and O–H groups in total. The Morgan fingerprint density at radius 1 is 0.706 bits per heavy atom. The van der Waals surface area contributed by atoms with Crippen LogP contribution in [0.5, 0.6) is 0 Å². The molecule has 5 nitrogen and oxygen atoms in total. The fraction of sp³-hybridized carbons (Fsp3) is 0.179. The van der Waals surface area contributed by atoms with Crippen LogP contribution in [0.2, 0.25) is 0 Å². The molecular formula is C28H25N3O2S. The van der Waals surface area contributed by atoms with Crippen molar-refractivity contribution in [2.45, 2.75) is 22.9 Å². The molecule has 4 aromatic rings. The van der Waals surface area contributed by atoms with Gasteiger partial charge in [-0.2, -0.15) is 4.31 Å². The fourth-order valence-corrected chi connectivity index (χ4v) is 7.18. The van der Waals surface area contributed by atoms with Crippen LogP contribution in [-0.2, 0) is 10.0 Å². The lowest BCUT2D eigenvalue weighted by Crippen LogP contribution is -2.73. The number of sulfonamides is 1. The molecule has 0 amide bonds. The topological polar surface area (TPSA) is 62.3 Å². The number of rotatable bonds is 5. The fourth-order valence-electron chi connectivity index (χ4n) is 5.33. The Hall–Kier alpha value is -3.32. The van der Waals surface area contributed by atoms with Crippen molar-refractivity contribution in [1.82, 2.24) is 14.6 Å². The van der Waals surface area contributed by atoms with Gasteiger partial charge in [0.2, 0.25) is 10.0 Å². The van der Waals surface area contributed by atoms with Crippen molar-refractivity contribution in [3.8, 4) is 22.3 Å². The molecule has 0 spiro atoms. The zero-order chi connectivity index (χ0) is 23.1. The highest BCUT2D eigenvalue weighted by Gasteiger charge is 2.56. The van der Waals surface area contributed by atoms with Gasteiger partial charge in [0.1, 0.15) is 0 Å². The molecule has 2 bridgehead atoms. The number of benzene rings is 3. The number of piperazine rings is 1. The van der Waals surface area contributed by atoms with Gasteiger partial charge in [0, 0.05) is 43.5 Å². The average molecular weight is 468 g/mol. The Kier molecular flexibility index (Phi) is 5.29. The van der Waals surface area contributed by atoms with Gasteiger partial charge in [-0.3, -0.25) is 4.98 Å². The minimum atomic E-state index is -3.57. The van der Waals surface area contributed by atoms with Gasteiger partial charge in [0.05, 0.1) is 4.90 Å². The van der Waals surface area contributed by atoms with E-state index < -0.39 is 10.0 Å². The van der Waals surface area contributed by atoms with Crippen molar-refractivity contribution in [3.05, 3.63) is 109 Å². The van der Waals surface area contributed by atoms with E-state index in [9.17, 15) is 8.42 Å². The molecule has 0 aliphatic carbocycles. The summed E-state index contributed by atoms with van der Waals surface area (Å²) in [5.74, 6) is 0.197. The molecule has 3 atom stereocenters. The molecule has 2 saturated heterocycles. The van der Waals surface area contributed by atoms with Gasteiger partial charge in [0.15, 0.2) is 0 Å². The zero-order valence-electron chi connectivity index (χ0n) is 18.6. The standard InChI is InChI=1S/C28H25N3O2S/c32-34(33,25-14-12-21(13-15-25)20-5-2-1-3-6-20)31-26-18-30-19-27(31)28(26)23-10-8-22(9-11-23)24-7-4-16-29-17-24/h1-17,26-28,30H,18-19H2/t26-,27+,28?. The summed E-state index contributed by atoms with van der Waals surface area (Å²) in [5, 5.41) is 3.39. The van der Waals surface area contributed by atoms with E-state index in [4.69, 9.17) is 0 Å². The van der Waals surface area contributed by atoms with Gasteiger partial charge in [-0.15, -0.1) is 0 Å². The number of hydrogen-bond acceptors (Lipinski definition) is 4. The number of hydrogen-bond donors (Lipinski definition) is 1. The summed E-state index contributed by atoms with van der Waals surface area (Å²) in [6.45, 7) is 1.32. The second-order valence-electron chi connectivity index (χ2n) is 8.91. The van der Waals surface area contributed by atoms with Crippen molar-refractivity contribution in [3.63, 3.8) is 0 Å². The van der Waals surface area contributed by atoms with E-state index >= 15 is 0 Å². The third kappa shape index (κ3) is 3.55. The Labute approximate surface area is 200 Å². The first kappa shape index (κ1) is 21.2. The van der Waals surface area contributed by atoms with Crippen molar-refractivity contribution in [2.24, 2.45) is 0 Å². The largest absolute Gasteiger partial charge is 0.313 e. The molecule has 6 rings (SSSR count). The molecule has 0 saturated carbocycles. The molecule has 170 valence electrons. The number of piperidine rings is 1. The average Bonchev–Trinajstić information content (AvgIpc) is 2.90. The molecule has 2 fully saturated rings. The first-order chi connectivity index (χ1) is 16.6. The maximum absolute atomic E-state index is 13.6. The molecular weight excluding hydrogens is 442 g/mol. The summed E-state index contributed by atoms with van der Waals surface area (Å²) < 4.78 is 28.9. The van der Waals surface area contributed by atoms with Crippen molar-refractivity contribution < 1.29 is 8.42 Å². The van der Waals surface area contributed by atoms with E-state index in [-0.39, 0.29) is 18.0 Å². The van der Waals surface area contributed by atoms with Crippen LogP contribution in [0.1, 0.15) is 11.5 Å². The van der Waals surface area contributed by atoms with Crippen molar-refractivity contribution >= 4 is 10.0 Å². The molecule has 34 heavy (non-hydrogen) atoms. The summed E-state index contributed by atoms with van der Waals surface area (Å²) in [5.41, 5.74) is 5.47. The van der Waals surface area contributed by atoms with Crippen LogP contribution in [0.4, 0.5) is 0 Å². The Balaban J connectivity index is 1.24. The lowest BCUT2D eigenvalue weighted by Gasteiger charge is -2.57. The minimum Gasteiger partial charge on any atom is -0.313 e. The monoisotopic (exact) mass is 467 g/mol. The number of fused-ring (bicyclic) bond motifs is 2. The SMILES string of the molecule is O=S(=O)(c1ccc(-c2ccccc2)cc1)N1[C@@H]2CNC[C@H]1C2c1ccc(-c2cccnc2)cc1. The minimum absolute atomic E-state index is 0.0817. The molecule has 1 aromatic heterocycles. The van der Waals surface area contributed by atoms with Gasteiger partial charge in [0.25, 0.3) is 0 Å². The van der Waals surface area contributed by atoms with Gasteiger partial charge >= 0.3 is 0 Å². The summed E-state index contributed by atoms with van der Waals surface area (Å²) in [6.07, 6.45) is 3.62. The Bertz CT molecular complexity index is 1380. The third-order valence-corrected chi connectivity index (χ3v) is 8.98. The second-order valence-corrected chi connectivity index (χ2v) is 10.8. The number of nitrogens with one attached hydrogen (secondary N) is 1. The maximum atomic E-state index is 13.6. The van der Waals surface area contributed by atoms with Crippen LogP contribution in [0.15, 0.2) is 108 Å². The van der Waals surface area contributed by atoms with E-state index in [2.05, 4.69) is 34.6 Å². The van der Waals surface area contributed by atoms with Gasteiger partial charge in [-0.05, 0) is 46.0 Å². The highest BCUT2D eigenvalue weighted by molar-refractivity contribution is 7.89. The first-order valence-corrected chi connectivity index (χ1v) is 13.0. The van der Waals surface area contributed by atoms with Crippen LogP contribution in [0, 0.1) is 0 Å². The summed E-state index contributed by atoms with van der Waals surface area (Å²) in [4.78, 5) is 4.56. The van der Waals surface area contributed by atoms with Crippen molar-refractivity contribution in [2.75, 3.05) is 13.1 Å². The number of nitrogens with zero attached hydrogens (tertiary/aromatic N) is 2. The summed E-state index contributed by atoms with van der Waals surface area (Å²) in [7, 11) is -3.57. The quantitative estimate of drug-likeness (QED) is 0.468. The lowest BCUT2D eigenvalue weighted by molar-refractivity contribution is 0.0370. The molecule has 2 aliphatic rings. The van der Waals surface area contributed by atoms with Crippen LogP contribution in [0.25, 0.3) is 22.3 Å². The van der Waals surface area contributed by atoms with Gasteiger partial charge in [-0.1, -0.05) is 72.8 Å². The van der Waals surface area contributed by atoms with Gasteiger partial charge < -0.3 is 5.32 Å². The van der Waals surface area contributed by atoms with Crippen molar-refractivity contribution in [1.29, 1.82) is 0 Å². The number of aromatic nitrogens is 1. The molecule has 1 unspecified atom stereocenters. The predicted octanol–water partition coefficient (Wildman–Crippen LogP) is 4.54. The van der Waals surface area contributed by atoms with E-state index in [1.165, 1.54) is 5.56 Å². The lowest BCUT2D eigenvalue weighted by atomic mass is 9.74. The molecule has 2 aliphatic heterocycles. The summed E-state index contributed by atoms with van der Waals surface area (Å²) in [6, 6.07) is 29.5. The van der Waals surface area contributed by atoms with Crippen LogP contribution in [0.3, 0.4) is 0 Å². The smallest absolute Gasteiger partial charge is 0.243 e. The van der Waals surface area contributed by atoms with Crippen LogP contribution < -0.4 is 5.32 Å². The highest BCUT2D eigenvalue weighted by atomic mass is 32.2. The predicted molar refractivity (Wildman–Crippen MR) is 134 cm³/mol. The Morgan fingerprint density at radius 3 is 1.94 bits per heavy atom. The number of pyridine rings is 1. The van der Waals surface area contributed by atoms with E-state index in [0.717, 1.165) is 22.3 Å². The molecule has 3 heterocycles. The van der Waals surface area contributed by atoms with Crippen LogP contribution >= 0.6 is 0 Å². The second kappa shape index (κ2) is 8.47. The molecule has 3 aromatic carbocycles. The normalized spacial score (nSPS) is 22.2. The zero-order valence-corrected chi connectivity index (χ0v) is 19.4. The van der Waals surface area contributed by atoms with Gasteiger partial charge in [-0.25, -0.2) is 8.42 Å². The van der Waals surface area contributed by atoms with E-state index in [1.807, 2.05) is 60.8 Å². The van der Waals surface area contributed by atoms with E-state index in [0.29, 0.717) is 18.0 Å². The first-order valence-electron chi connectivity index (χ1n) is 11.5. The molecule has 0 radical (unpaired) electrons. The molecule has 6 heteroatoms. The third-order valence-electron chi connectivity index (χ3n) is 7.02. The van der Waals surface area contributed by atoms with E-state index in [1.54, 1.807) is 22.6 Å². The Morgan fingerprint density at radius 2 is 1.29 bits per heavy atom. The van der Waals surface area contributed by atoms with Crippen LogP contribution in [-0.4, -0.2) is 42.9 Å².